The zero-order valence-corrected chi connectivity index (χ0v) is 6.14. The number of rotatable bonds is 0. The van der Waals surface area contributed by atoms with Gasteiger partial charge < -0.3 is 10.3 Å². The van der Waals surface area contributed by atoms with Crippen LogP contribution < -0.4 is 5.73 Å². The molecule has 54 valence electrons. The first-order chi connectivity index (χ1) is 4.10. The quantitative estimate of drug-likeness (QED) is 0.513. The Morgan fingerprint density at radius 3 is 2.78 bits per heavy atom. The van der Waals surface area contributed by atoms with Crippen LogP contribution in [0.1, 0.15) is 6.42 Å². The van der Waals surface area contributed by atoms with Crippen molar-refractivity contribution in [2.24, 2.45) is 5.73 Å². The van der Waals surface area contributed by atoms with E-state index in [-0.39, 0.29) is 0 Å². The molecule has 1 aliphatic heterocycles. The predicted octanol–water partition coefficient (Wildman–Crippen LogP) is 0.531. The van der Waals surface area contributed by atoms with E-state index >= 15 is 0 Å². The first kappa shape index (κ1) is 7.22. The largest absolute Gasteiger partial charge is 0.329 e. The van der Waals surface area contributed by atoms with Gasteiger partial charge in [-0.1, -0.05) is 0 Å². The summed E-state index contributed by atoms with van der Waals surface area (Å²) in [5.74, 6) is 0. The molecule has 0 saturated carbocycles. The van der Waals surface area contributed by atoms with Crippen molar-refractivity contribution in [3.8, 4) is 0 Å². The van der Waals surface area contributed by atoms with Gasteiger partial charge in [-0.2, -0.15) is 0 Å². The SMILES string of the molecule is CP1(=O)OCCC(N)O1. The van der Waals surface area contributed by atoms with E-state index in [9.17, 15) is 4.57 Å². The fourth-order valence-corrected chi connectivity index (χ4v) is 1.76. The summed E-state index contributed by atoms with van der Waals surface area (Å²) in [5.41, 5.74) is 5.34. The highest BCUT2D eigenvalue weighted by Crippen LogP contribution is 2.47. The average Bonchev–Trinajstić information content (AvgIpc) is 1.60. The zero-order chi connectivity index (χ0) is 6.91. The van der Waals surface area contributed by atoms with Gasteiger partial charge in [-0.25, -0.2) is 0 Å². The summed E-state index contributed by atoms with van der Waals surface area (Å²) in [7, 11) is -2.77. The molecule has 0 aromatic heterocycles. The lowest BCUT2D eigenvalue weighted by molar-refractivity contribution is 0.0886. The van der Waals surface area contributed by atoms with E-state index in [4.69, 9.17) is 14.8 Å². The minimum absolute atomic E-state index is 0.408. The van der Waals surface area contributed by atoms with Gasteiger partial charge in [-0.3, -0.25) is 9.09 Å². The van der Waals surface area contributed by atoms with Crippen molar-refractivity contribution in [3.63, 3.8) is 0 Å². The van der Waals surface area contributed by atoms with Crippen molar-refractivity contribution in [1.82, 2.24) is 0 Å². The Bertz CT molecular complexity index is 149. The molecule has 0 spiro atoms. The molecule has 4 nitrogen and oxygen atoms in total. The van der Waals surface area contributed by atoms with E-state index in [1.54, 1.807) is 0 Å². The Morgan fingerprint density at radius 2 is 2.44 bits per heavy atom. The Balaban J connectivity index is 2.51. The Labute approximate surface area is 53.9 Å². The number of nitrogens with two attached hydrogens (primary N) is 1. The lowest BCUT2D eigenvalue weighted by Crippen LogP contribution is -2.28. The lowest BCUT2D eigenvalue weighted by Gasteiger charge is -2.24. The van der Waals surface area contributed by atoms with Gasteiger partial charge in [0.1, 0.15) is 6.23 Å². The maximum absolute atomic E-state index is 10.9. The number of hydrogen-bond donors (Lipinski definition) is 1. The van der Waals surface area contributed by atoms with Crippen molar-refractivity contribution in [2.75, 3.05) is 13.3 Å². The maximum atomic E-state index is 10.9. The molecule has 1 aliphatic rings. The van der Waals surface area contributed by atoms with Crippen LogP contribution in [0.4, 0.5) is 0 Å². The summed E-state index contributed by atoms with van der Waals surface area (Å²) in [6.45, 7) is 1.86. The molecule has 1 saturated heterocycles. The van der Waals surface area contributed by atoms with Crippen molar-refractivity contribution in [1.29, 1.82) is 0 Å². The molecular weight excluding hydrogens is 141 g/mol. The Morgan fingerprint density at radius 1 is 1.78 bits per heavy atom. The summed E-state index contributed by atoms with van der Waals surface area (Å²) in [5, 5.41) is 0. The normalized spacial score (nSPS) is 44.9. The summed E-state index contributed by atoms with van der Waals surface area (Å²) < 4.78 is 20.5. The molecule has 9 heavy (non-hydrogen) atoms. The van der Waals surface area contributed by atoms with Gasteiger partial charge in [0, 0.05) is 13.1 Å². The van der Waals surface area contributed by atoms with Gasteiger partial charge in [0.15, 0.2) is 0 Å². The zero-order valence-electron chi connectivity index (χ0n) is 5.24. The van der Waals surface area contributed by atoms with Crippen molar-refractivity contribution < 1.29 is 13.6 Å². The summed E-state index contributed by atoms with van der Waals surface area (Å²) in [6.07, 6.45) is 0.215. The first-order valence-electron chi connectivity index (χ1n) is 2.76. The fourth-order valence-electron chi connectivity index (χ4n) is 0.664. The molecule has 5 heteroatoms. The number of hydrogen-bond acceptors (Lipinski definition) is 4. The maximum Gasteiger partial charge on any atom is 0.329 e. The Hall–Kier alpha value is 0.110. The van der Waals surface area contributed by atoms with Gasteiger partial charge in [-0.05, 0) is 0 Å². The van der Waals surface area contributed by atoms with Crippen molar-refractivity contribution in [3.05, 3.63) is 0 Å². The molecule has 0 aliphatic carbocycles. The van der Waals surface area contributed by atoms with Crippen LogP contribution in [0.25, 0.3) is 0 Å². The highest BCUT2D eigenvalue weighted by molar-refractivity contribution is 7.53. The van der Waals surface area contributed by atoms with Crippen LogP contribution in [0.15, 0.2) is 0 Å². The lowest BCUT2D eigenvalue weighted by atomic mass is 10.4. The van der Waals surface area contributed by atoms with E-state index in [1.807, 2.05) is 0 Å². The van der Waals surface area contributed by atoms with Gasteiger partial charge in [0.25, 0.3) is 0 Å². The molecule has 2 unspecified atom stereocenters. The average molecular weight is 151 g/mol. The van der Waals surface area contributed by atoms with Gasteiger partial charge in [0.05, 0.1) is 6.61 Å². The molecule has 2 N–H and O–H groups in total. The third-order valence-electron chi connectivity index (χ3n) is 1.06. The van der Waals surface area contributed by atoms with Gasteiger partial charge in [-0.15, -0.1) is 0 Å². The summed E-state index contributed by atoms with van der Waals surface area (Å²) in [4.78, 5) is 0. The summed E-state index contributed by atoms with van der Waals surface area (Å²) in [6, 6.07) is 0. The smallest absolute Gasteiger partial charge is 0.309 e. The topological polar surface area (TPSA) is 61.5 Å². The molecule has 0 aromatic rings. The van der Waals surface area contributed by atoms with Gasteiger partial charge >= 0.3 is 7.60 Å². The van der Waals surface area contributed by atoms with Crippen LogP contribution in [0.5, 0.6) is 0 Å². The first-order valence-corrected chi connectivity index (χ1v) is 4.75. The van der Waals surface area contributed by atoms with Crippen LogP contribution in [-0.2, 0) is 13.6 Å². The molecule has 1 heterocycles. The second-order valence-corrected chi connectivity index (χ2v) is 4.05. The minimum atomic E-state index is -2.77. The van der Waals surface area contributed by atoms with E-state index in [1.165, 1.54) is 6.66 Å². The minimum Gasteiger partial charge on any atom is -0.309 e. The second-order valence-electron chi connectivity index (χ2n) is 2.04. The third-order valence-corrected chi connectivity index (χ3v) is 2.36. The molecule has 0 radical (unpaired) electrons. The summed E-state index contributed by atoms with van der Waals surface area (Å²) >= 11 is 0. The molecule has 0 aromatic carbocycles. The molecule has 0 amide bonds. The second kappa shape index (κ2) is 2.39. The predicted molar refractivity (Wildman–Crippen MR) is 33.2 cm³/mol. The van der Waals surface area contributed by atoms with Crippen molar-refractivity contribution >= 4 is 7.60 Å². The molecule has 1 fully saturated rings. The monoisotopic (exact) mass is 151 g/mol. The van der Waals surface area contributed by atoms with E-state index in [0.29, 0.717) is 13.0 Å². The Kier molecular flexibility index (Phi) is 1.91. The standard InChI is InChI=1S/C4H10NO3P/c1-9(6)7-3-2-4(5)8-9/h4H,2-3,5H2,1H3. The molecular formula is C4H10NO3P. The van der Waals surface area contributed by atoms with Crippen molar-refractivity contribution in [2.45, 2.75) is 12.6 Å². The molecule has 1 rings (SSSR count). The van der Waals surface area contributed by atoms with E-state index < -0.39 is 13.8 Å². The molecule has 2 atom stereocenters. The van der Waals surface area contributed by atoms with Gasteiger partial charge in [0.2, 0.25) is 0 Å². The van der Waals surface area contributed by atoms with Crippen LogP contribution in [-0.4, -0.2) is 19.5 Å². The van der Waals surface area contributed by atoms with Crippen LogP contribution in [0.2, 0.25) is 0 Å². The van der Waals surface area contributed by atoms with Crippen LogP contribution in [0, 0.1) is 0 Å². The highest BCUT2D eigenvalue weighted by atomic mass is 31.2. The highest BCUT2D eigenvalue weighted by Gasteiger charge is 2.25. The van der Waals surface area contributed by atoms with Crippen LogP contribution >= 0.6 is 7.60 Å². The van der Waals surface area contributed by atoms with E-state index in [0.717, 1.165) is 0 Å². The fraction of sp³-hybridized carbons (Fsp3) is 1.00. The third kappa shape index (κ3) is 2.06. The van der Waals surface area contributed by atoms with E-state index in [2.05, 4.69) is 0 Å². The van der Waals surface area contributed by atoms with Crippen LogP contribution in [0.3, 0.4) is 0 Å². The molecule has 0 bridgehead atoms.